The number of hydrogen-bond donors (Lipinski definition) is 2. The van der Waals surface area contributed by atoms with Crippen molar-refractivity contribution < 1.29 is 14.2 Å². The lowest BCUT2D eigenvalue weighted by Crippen LogP contribution is -2.36. The summed E-state index contributed by atoms with van der Waals surface area (Å²) in [6.45, 7) is 5.57. The average molecular weight is 282 g/mol. The molecule has 0 amide bonds. The van der Waals surface area contributed by atoms with E-state index in [0.29, 0.717) is 31.9 Å². The largest absolute Gasteiger partial charge is 0.396 e. The molecule has 1 aliphatic heterocycles. The first kappa shape index (κ1) is 15.2. The lowest BCUT2D eigenvalue weighted by Gasteiger charge is -2.29. The second-order valence-electron chi connectivity index (χ2n) is 5.18. The number of aliphatic hydroxyl groups excluding tert-OH is 1. The van der Waals surface area contributed by atoms with E-state index in [9.17, 15) is 4.39 Å². The number of aliphatic hydroxyl groups is 1. The molecule has 1 unspecified atom stereocenters. The lowest BCUT2D eigenvalue weighted by atomic mass is 10.1. The monoisotopic (exact) mass is 282 g/mol. The van der Waals surface area contributed by atoms with Crippen molar-refractivity contribution in [2.45, 2.75) is 25.9 Å². The van der Waals surface area contributed by atoms with Crippen LogP contribution in [0.25, 0.3) is 0 Å². The van der Waals surface area contributed by atoms with Gasteiger partial charge in [0.25, 0.3) is 0 Å². The number of nitrogens with one attached hydrogen (secondary N) is 1. The van der Waals surface area contributed by atoms with E-state index in [4.69, 9.17) is 9.84 Å². The highest BCUT2D eigenvalue weighted by molar-refractivity contribution is 5.49. The molecular weight excluding hydrogens is 259 g/mol. The first-order valence-electron chi connectivity index (χ1n) is 7.16. The maximum atomic E-state index is 14.2. The first-order valence-corrected chi connectivity index (χ1v) is 7.16. The number of ether oxygens (including phenoxy) is 1. The highest BCUT2D eigenvalue weighted by Crippen LogP contribution is 2.21. The van der Waals surface area contributed by atoms with Gasteiger partial charge in [-0.05, 0) is 31.0 Å². The van der Waals surface area contributed by atoms with Gasteiger partial charge in [-0.2, -0.15) is 0 Å². The van der Waals surface area contributed by atoms with Gasteiger partial charge in [0.15, 0.2) is 0 Å². The summed E-state index contributed by atoms with van der Waals surface area (Å²) >= 11 is 0. The molecule has 1 aromatic carbocycles. The van der Waals surface area contributed by atoms with E-state index < -0.39 is 0 Å². The molecule has 0 aliphatic carbocycles. The summed E-state index contributed by atoms with van der Waals surface area (Å²) in [7, 11) is 0. The molecule has 0 saturated carbocycles. The van der Waals surface area contributed by atoms with Gasteiger partial charge in [-0.15, -0.1) is 0 Å². The summed E-state index contributed by atoms with van der Waals surface area (Å²) in [5.74, 6) is -0.180. The predicted octanol–water partition coefficient (Wildman–Crippen LogP) is 1.52. The van der Waals surface area contributed by atoms with Crippen LogP contribution < -0.4 is 10.2 Å². The molecule has 5 heteroatoms. The van der Waals surface area contributed by atoms with Gasteiger partial charge >= 0.3 is 0 Å². The zero-order chi connectivity index (χ0) is 14.4. The third kappa shape index (κ3) is 4.16. The lowest BCUT2D eigenvalue weighted by molar-refractivity contribution is 0.122. The van der Waals surface area contributed by atoms with Crippen molar-refractivity contribution in [2.24, 2.45) is 0 Å². The normalized spacial score (nSPS) is 17.2. The fourth-order valence-electron chi connectivity index (χ4n) is 2.31. The van der Waals surface area contributed by atoms with Crippen LogP contribution in [0, 0.1) is 5.82 Å². The molecule has 1 aliphatic rings. The Bertz CT molecular complexity index is 422. The molecule has 2 N–H and O–H groups in total. The van der Waals surface area contributed by atoms with E-state index >= 15 is 0 Å². The van der Waals surface area contributed by atoms with Crippen LogP contribution in [0.2, 0.25) is 0 Å². The quantitative estimate of drug-likeness (QED) is 0.830. The molecule has 4 nitrogen and oxygen atoms in total. The van der Waals surface area contributed by atoms with E-state index in [1.54, 1.807) is 6.07 Å². The van der Waals surface area contributed by atoms with Crippen LogP contribution in [0.5, 0.6) is 0 Å². The zero-order valence-electron chi connectivity index (χ0n) is 11.9. The minimum atomic E-state index is -0.180. The molecule has 1 fully saturated rings. The molecule has 20 heavy (non-hydrogen) atoms. The van der Waals surface area contributed by atoms with Gasteiger partial charge in [0.2, 0.25) is 0 Å². The second kappa shape index (κ2) is 7.57. The summed E-state index contributed by atoms with van der Waals surface area (Å²) in [6.07, 6.45) is 0.703. The summed E-state index contributed by atoms with van der Waals surface area (Å²) in [5, 5.41) is 12.1. The van der Waals surface area contributed by atoms with Crippen LogP contribution in [0.4, 0.5) is 10.1 Å². The van der Waals surface area contributed by atoms with Gasteiger partial charge in [0.05, 0.1) is 18.9 Å². The molecular formula is C15H23FN2O2. The van der Waals surface area contributed by atoms with Crippen molar-refractivity contribution in [3.63, 3.8) is 0 Å². The summed E-state index contributed by atoms with van der Waals surface area (Å²) in [5.41, 5.74) is 1.57. The Labute approximate surface area is 119 Å². The molecule has 2 rings (SSSR count). The number of nitrogens with zero attached hydrogens (tertiary/aromatic N) is 1. The van der Waals surface area contributed by atoms with Gasteiger partial charge in [0, 0.05) is 32.3 Å². The predicted molar refractivity (Wildman–Crippen MR) is 77.4 cm³/mol. The van der Waals surface area contributed by atoms with E-state index in [1.807, 2.05) is 24.0 Å². The highest BCUT2D eigenvalue weighted by Gasteiger charge is 2.15. The third-order valence-electron chi connectivity index (χ3n) is 3.58. The van der Waals surface area contributed by atoms with Crippen molar-refractivity contribution >= 4 is 5.69 Å². The van der Waals surface area contributed by atoms with Crippen molar-refractivity contribution in [1.29, 1.82) is 0 Å². The van der Waals surface area contributed by atoms with Crippen molar-refractivity contribution in [1.82, 2.24) is 5.32 Å². The van der Waals surface area contributed by atoms with E-state index in [-0.39, 0.29) is 18.5 Å². The van der Waals surface area contributed by atoms with Crippen molar-refractivity contribution in [2.75, 3.05) is 37.8 Å². The Morgan fingerprint density at radius 3 is 2.80 bits per heavy atom. The standard InChI is InChI=1S/C15H23FN2O2/c1-12(4-7-19)17-11-13-2-3-15(14(16)10-13)18-5-8-20-9-6-18/h2-3,10,12,17,19H,4-9,11H2,1H3. The number of rotatable bonds is 6. The maximum absolute atomic E-state index is 14.2. The Hall–Kier alpha value is -1.17. The number of hydrogen-bond acceptors (Lipinski definition) is 4. The molecule has 1 atom stereocenters. The van der Waals surface area contributed by atoms with Crippen LogP contribution in [-0.4, -0.2) is 44.1 Å². The van der Waals surface area contributed by atoms with Crippen LogP contribution in [-0.2, 0) is 11.3 Å². The smallest absolute Gasteiger partial charge is 0.146 e. The van der Waals surface area contributed by atoms with Gasteiger partial charge in [-0.3, -0.25) is 0 Å². The Balaban J connectivity index is 1.94. The highest BCUT2D eigenvalue weighted by atomic mass is 19.1. The Kier molecular flexibility index (Phi) is 5.76. The third-order valence-corrected chi connectivity index (χ3v) is 3.58. The molecule has 1 aromatic rings. The molecule has 0 spiro atoms. The summed E-state index contributed by atoms with van der Waals surface area (Å²) < 4.78 is 19.4. The zero-order valence-corrected chi connectivity index (χ0v) is 11.9. The molecule has 112 valence electrons. The van der Waals surface area contributed by atoms with Crippen LogP contribution in [0.1, 0.15) is 18.9 Å². The topological polar surface area (TPSA) is 44.7 Å². The number of morpholine rings is 1. The van der Waals surface area contributed by atoms with Crippen LogP contribution >= 0.6 is 0 Å². The van der Waals surface area contributed by atoms with Gasteiger partial charge in [0.1, 0.15) is 5.82 Å². The minimum absolute atomic E-state index is 0.165. The van der Waals surface area contributed by atoms with Crippen molar-refractivity contribution in [3.8, 4) is 0 Å². The van der Waals surface area contributed by atoms with Gasteiger partial charge in [-0.25, -0.2) is 4.39 Å². The Morgan fingerprint density at radius 2 is 2.15 bits per heavy atom. The van der Waals surface area contributed by atoms with E-state index in [1.165, 1.54) is 0 Å². The van der Waals surface area contributed by atoms with Gasteiger partial charge < -0.3 is 20.1 Å². The SMILES string of the molecule is CC(CCO)NCc1ccc(N2CCOCC2)c(F)c1. The van der Waals surface area contributed by atoms with E-state index in [0.717, 1.165) is 18.7 Å². The van der Waals surface area contributed by atoms with Crippen molar-refractivity contribution in [3.05, 3.63) is 29.6 Å². The molecule has 0 bridgehead atoms. The van der Waals surface area contributed by atoms with Crippen LogP contribution in [0.3, 0.4) is 0 Å². The summed E-state index contributed by atoms with van der Waals surface area (Å²) in [6, 6.07) is 5.60. The fraction of sp³-hybridized carbons (Fsp3) is 0.600. The number of halogens is 1. The van der Waals surface area contributed by atoms with Crippen LogP contribution in [0.15, 0.2) is 18.2 Å². The van der Waals surface area contributed by atoms with E-state index in [2.05, 4.69) is 5.32 Å². The average Bonchev–Trinajstić information content (AvgIpc) is 2.46. The first-order chi connectivity index (χ1) is 9.70. The molecule has 0 radical (unpaired) electrons. The maximum Gasteiger partial charge on any atom is 0.146 e. The fourth-order valence-corrected chi connectivity index (χ4v) is 2.31. The molecule has 1 heterocycles. The Morgan fingerprint density at radius 1 is 1.40 bits per heavy atom. The minimum Gasteiger partial charge on any atom is -0.396 e. The molecule has 0 aromatic heterocycles. The second-order valence-corrected chi connectivity index (χ2v) is 5.18. The number of benzene rings is 1. The molecule has 1 saturated heterocycles. The number of anilines is 1. The van der Waals surface area contributed by atoms with Gasteiger partial charge in [-0.1, -0.05) is 6.07 Å². The summed E-state index contributed by atoms with van der Waals surface area (Å²) in [4.78, 5) is 2.02.